The number of benzene rings is 1. The van der Waals surface area contributed by atoms with Gasteiger partial charge in [-0.2, -0.15) is 0 Å². The van der Waals surface area contributed by atoms with Gasteiger partial charge in [0.1, 0.15) is 0 Å². The van der Waals surface area contributed by atoms with E-state index in [-0.39, 0.29) is 5.03 Å². The van der Waals surface area contributed by atoms with E-state index < -0.39 is 15.9 Å². The van der Waals surface area contributed by atoms with Crippen molar-refractivity contribution in [2.24, 2.45) is 0 Å². The van der Waals surface area contributed by atoms with Gasteiger partial charge in [-0.05, 0) is 36.4 Å². The van der Waals surface area contributed by atoms with E-state index in [1.54, 1.807) is 48.7 Å². The maximum Gasteiger partial charge on any atom is 0.331 e. The molecule has 132 valence electrons. The van der Waals surface area contributed by atoms with Crippen LogP contribution in [0.25, 0.3) is 0 Å². The molecule has 26 heavy (non-hydrogen) atoms. The van der Waals surface area contributed by atoms with Gasteiger partial charge < -0.3 is 5.32 Å². The van der Waals surface area contributed by atoms with Crippen LogP contribution in [0.4, 0.5) is 21.9 Å². The number of amides is 2. The summed E-state index contributed by atoms with van der Waals surface area (Å²) in [4.78, 5) is 22.2. The Bertz CT molecular complexity index is 992. The molecule has 0 bridgehead atoms. The fourth-order valence-electron chi connectivity index (χ4n) is 2.30. The third kappa shape index (κ3) is 4.04. The molecule has 0 atom stereocenters. The topological polar surface area (TPSA) is 92.3 Å². The van der Waals surface area contributed by atoms with Crippen molar-refractivity contribution in [2.75, 3.05) is 16.5 Å². The number of aromatic nitrogens is 2. The van der Waals surface area contributed by atoms with E-state index in [4.69, 9.17) is 0 Å². The normalized spacial score (nSPS) is 11.0. The first-order chi connectivity index (χ1) is 12.4. The van der Waals surface area contributed by atoms with Gasteiger partial charge in [-0.3, -0.25) is 9.88 Å². The number of hydrogen-bond acceptors (Lipinski definition) is 5. The predicted molar refractivity (Wildman–Crippen MR) is 99.2 cm³/mol. The van der Waals surface area contributed by atoms with Crippen molar-refractivity contribution in [1.29, 1.82) is 0 Å². The van der Waals surface area contributed by atoms with E-state index in [1.807, 2.05) is 6.07 Å². The largest absolute Gasteiger partial charge is 0.331 e. The molecule has 0 saturated carbocycles. The molecule has 0 fully saturated rings. The number of rotatable bonds is 4. The third-order valence-electron chi connectivity index (χ3n) is 3.49. The first-order valence-electron chi connectivity index (χ1n) is 7.67. The molecule has 0 radical (unpaired) electrons. The Balaban J connectivity index is 1.97. The molecule has 1 aromatic carbocycles. The van der Waals surface area contributed by atoms with Crippen LogP contribution in [-0.2, 0) is 9.84 Å². The lowest BCUT2D eigenvalue weighted by molar-refractivity contribution is 0.259. The van der Waals surface area contributed by atoms with Crippen LogP contribution in [0.2, 0.25) is 0 Å². The zero-order valence-electron chi connectivity index (χ0n) is 13.9. The Hall–Kier alpha value is -3.26. The molecular formula is C18H16N4O3S. The summed E-state index contributed by atoms with van der Waals surface area (Å²) in [7, 11) is -3.42. The Kier molecular flexibility index (Phi) is 4.94. The van der Waals surface area contributed by atoms with Crippen LogP contribution < -0.4 is 10.2 Å². The fraction of sp³-hybridized carbons (Fsp3) is 0.0556. The maximum atomic E-state index is 12.8. The first kappa shape index (κ1) is 17.6. The molecule has 3 aromatic rings. The molecule has 1 N–H and O–H groups in total. The average molecular weight is 368 g/mol. The number of urea groups is 1. The van der Waals surface area contributed by atoms with Crippen molar-refractivity contribution >= 4 is 32.9 Å². The number of para-hydroxylation sites is 1. The van der Waals surface area contributed by atoms with Crippen molar-refractivity contribution in [1.82, 2.24) is 9.97 Å². The maximum absolute atomic E-state index is 12.8. The van der Waals surface area contributed by atoms with Crippen molar-refractivity contribution in [3.63, 3.8) is 0 Å². The number of pyridine rings is 2. The van der Waals surface area contributed by atoms with E-state index in [2.05, 4.69) is 15.3 Å². The van der Waals surface area contributed by atoms with E-state index in [1.165, 1.54) is 23.4 Å². The van der Waals surface area contributed by atoms with Crippen molar-refractivity contribution in [3.05, 3.63) is 73.2 Å². The van der Waals surface area contributed by atoms with Gasteiger partial charge >= 0.3 is 6.03 Å². The number of carbonyl (C=O) groups excluding carboxylic acids is 1. The molecule has 8 heteroatoms. The molecule has 2 amide bonds. The summed E-state index contributed by atoms with van der Waals surface area (Å²) < 4.78 is 23.2. The minimum atomic E-state index is -3.42. The monoisotopic (exact) mass is 368 g/mol. The Morgan fingerprint density at radius 3 is 2.31 bits per heavy atom. The van der Waals surface area contributed by atoms with Crippen LogP contribution in [-0.4, -0.2) is 30.7 Å². The number of sulfone groups is 1. The lowest BCUT2D eigenvalue weighted by Crippen LogP contribution is -2.31. The Labute approximate surface area is 151 Å². The second-order valence-electron chi connectivity index (χ2n) is 5.47. The number of anilines is 3. The minimum Gasteiger partial charge on any atom is -0.306 e. The Morgan fingerprint density at radius 2 is 1.73 bits per heavy atom. The first-order valence-corrected chi connectivity index (χ1v) is 9.56. The smallest absolute Gasteiger partial charge is 0.306 e. The van der Waals surface area contributed by atoms with Gasteiger partial charge in [-0.25, -0.2) is 18.2 Å². The molecule has 2 aromatic heterocycles. The molecule has 0 unspecified atom stereocenters. The van der Waals surface area contributed by atoms with E-state index >= 15 is 0 Å². The lowest BCUT2D eigenvalue weighted by atomic mass is 10.2. The quantitative estimate of drug-likeness (QED) is 0.763. The second-order valence-corrected chi connectivity index (χ2v) is 7.43. The summed E-state index contributed by atoms with van der Waals surface area (Å²) >= 11 is 0. The van der Waals surface area contributed by atoms with Gasteiger partial charge in [-0.15, -0.1) is 0 Å². The molecule has 2 heterocycles. The molecule has 0 saturated heterocycles. The zero-order valence-corrected chi connectivity index (χ0v) is 14.7. The molecule has 0 spiro atoms. The molecule has 0 aliphatic carbocycles. The average Bonchev–Trinajstić information content (AvgIpc) is 2.63. The summed E-state index contributed by atoms with van der Waals surface area (Å²) in [5, 5.41) is 2.71. The van der Waals surface area contributed by atoms with Crippen molar-refractivity contribution in [2.45, 2.75) is 5.03 Å². The SMILES string of the molecule is CS(=O)(=O)c1ccc(N(C(=O)Nc2cccnc2)c2ccccc2)cn1. The highest BCUT2D eigenvalue weighted by molar-refractivity contribution is 7.90. The lowest BCUT2D eigenvalue weighted by Gasteiger charge is -2.23. The van der Waals surface area contributed by atoms with Gasteiger partial charge in [-0.1, -0.05) is 18.2 Å². The number of carbonyl (C=O) groups is 1. The minimum absolute atomic E-state index is 0.0538. The van der Waals surface area contributed by atoms with Gasteiger partial charge in [0.05, 0.1) is 29.5 Å². The van der Waals surface area contributed by atoms with Gasteiger partial charge in [0.25, 0.3) is 0 Å². The molecular weight excluding hydrogens is 352 g/mol. The van der Waals surface area contributed by atoms with Crippen LogP contribution in [0.15, 0.2) is 78.2 Å². The predicted octanol–water partition coefficient (Wildman–Crippen LogP) is 3.25. The summed E-state index contributed by atoms with van der Waals surface area (Å²) in [6.45, 7) is 0. The van der Waals surface area contributed by atoms with Crippen LogP contribution in [0.5, 0.6) is 0 Å². The van der Waals surface area contributed by atoms with E-state index in [0.717, 1.165) is 6.26 Å². The number of nitrogens with zero attached hydrogens (tertiary/aromatic N) is 3. The van der Waals surface area contributed by atoms with Crippen LogP contribution in [0.1, 0.15) is 0 Å². The molecule has 3 rings (SSSR count). The summed E-state index contributed by atoms with van der Waals surface area (Å²) in [5.74, 6) is 0. The van der Waals surface area contributed by atoms with Crippen molar-refractivity contribution < 1.29 is 13.2 Å². The summed E-state index contributed by atoms with van der Waals surface area (Å²) in [6, 6.07) is 14.9. The van der Waals surface area contributed by atoms with Gasteiger partial charge in [0.2, 0.25) is 0 Å². The standard InChI is InChI=1S/C18H16N4O3S/c1-26(24,25)17-10-9-16(13-20-17)22(15-7-3-2-4-8-15)18(23)21-14-6-5-11-19-12-14/h2-13H,1H3,(H,21,23). The highest BCUT2D eigenvalue weighted by Gasteiger charge is 2.19. The zero-order chi connectivity index (χ0) is 18.6. The molecule has 7 nitrogen and oxygen atoms in total. The molecule has 0 aliphatic rings. The highest BCUT2D eigenvalue weighted by Crippen LogP contribution is 2.26. The Morgan fingerprint density at radius 1 is 0.962 bits per heavy atom. The molecule has 0 aliphatic heterocycles. The van der Waals surface area contributed by atoms with E-state index in [0.29, 0.717) is 17.1 Å². The van der Waals surface area contributed by atoms with Crippen LogP contribution >= 0.6 is 0 Å². The number of nitrogens with one attached hydrogen (secondary N) is 1. The van der Waals surface area contributed by atoms with Crippen molar-refractivity contribution in [3.8, 4) is 0 Å². The van der Waals surface area contributed by atoms with Crippen LogP contribution in [0.3, 0.4) is 0 Å². The number of hydrogen-bond donors (Lipinski definition) is 1. The highest BCUT2D eigenvalue weighted by atomic mass is 32.2. The second kappa shape index (κ2) is 7.32. The van der Waals surface area contributed by atoms with E-state index in [9.17, 15) is 13.2 Å². The third-order valence-corrected chi connectivity index (χ3v) is 4.49. The van der Waals surface area contributed by atoms with Crippen LogP contribution in [0, 0.1) is 0 Å². The van der Waals surface area contributed by atoms with Gasteiger partial charge in [0.15, 0.2) is 14.9 Å². The van der Waals surface area contributed by atoms with Gasteiger partial charge in [0, 0.05) is 12.5 Å². The summed E-state index contributed by atoms with van der Waals surface area (Å²) in [5.41, 5.74) is 1.59. The fourth-order valence-corrected chi connectivity index (χ4v) is 2.86. The summed E-state index contributed by atoms with van der Waals surface area (Å²) in [6.07, 6.45) is 5.58.